The molecule has 1 heterocycles. The van der Waals surface area contributed by atoms with Gasteiger partial charge in [-0.3, -0.25) is 4.79 Å². The molecule has 0 fully saturated rings. The molecule has 2 aromatic rings. The number of sulfone groups is 1. The van der Waals surface area contributed by atoms with E-state index in [2.05, 4.69) is 15.9 Å². The molecule has 0 spiro atoms. The van der Waals surface area contributed by atoms with Crippen molar-refractivity contribution in [3.63, 3.8) is 0 Å². The van der Waals surface area contributed by atoms with Crippen LogP contribution in [0.15, 0.2) is 32.9 Å². The van der Waals surface area contributed by atoms with Crippen molar-refractivity contribution in [2.75, 3.05) is 6.26 Å². The van der Waals surface area contributed by atoms with Crippen LogP contribution < -0.4 is 0 Å². The molecule has 1 aromatic heterocycles. The fourth-order valence-electron chi connectivity index (χ4n) is 3.22. The molecule has 0 radical (unpaired) electrons. The largest absolute Gasteiger partial charge is 0.457 e. The first kappa shape index (κ1) is 20.2. The SMILES string of the molecule is CC1(C)CC(=O)c2c(S(C)(=O)=O)sc(C(=O)OCc3cccc(Br)c3)c2C1. The summed E-state index contributed by atoms with van der Waals surface area (Å²) in [5.74, 6) is -0.833. The van der Waals surface area contributed by atoms with E-state index in [4.69, 9.17) is 4.74 Å². The van der Waals surface area contributed by atoms with E-state index in [9.17, 15) is 18.0 Å². The maximum Gasteiger partial charge on any atom is 0.348 e. The number of hydrogen-bond donors (Lipinski definition) is 0. The van der Waals surface area contributed by atoms with Crippen LogP contribution >= 0.6 is 27.3 Å². The number of benzene rings is 1. The van der Waals surface area contributed by atoms with Gasteiger partial charge in [-0.1, -0.05) is 41.9 Å². The summed E-state index contributed by atoms with van der Waals surface area (Å²) in [4.78, 5) is 25.5. The molecule has 0 saturated carbocycles. The molecule has 0 bridgehead atoms. The van der Waals surface area contributed by atoms with Crippen molar-refractivity contribution in [2.24, 2.45) is 5.41 Å². The zero-order chi connectivity index (χ0) is 20.0. The number of carbonyl (C=O) groups excluding carboxylic acids is 2. The average Bonchev–Trinajstić information content (AvgIpc) is 2.91. The van der Waals surface area contributed by atoms with Gasteiger partial charge in [0.1, 0.15) is 15.7 Å². The average molecular weight is 471 g/mol. The molecule has 0 atom stereocenters. The molecule has 144 valence electrons. The first-order chi connectivity index (χ1) is 12.5. The normalized spacial score (nSPS) is 16.1. The third kappa shape index (κ3) is 4.33. The molecule has 0 saturated heterocycles. The summed E-state index contributed by atoms with van der Waals surface area (Å²) >= 11 is 4.21. The topological polar surface area (TPSA) is 77.5 Å². The molecule has 27 heavy (non-hydrogen) atoms. The Hall–Kier alpha value is -1.51. The molecule has 1 aliphatic rings. The Balaban J connectivity index is 1.98. The predicted molar refractivity (Wildman–Crippen MR) is 107 cm³/mol. The van der Waals surface area contributed by atoms with Crippen LogP contribution in [0.25, 0.3) is 0 Å². The second kappa shape index (κ2) is 7.14. The Bertz CT molecular complexity index is 1030. The van der Waals surface area contributed by atoms with Crippen LogP contribution in [0.5, 0.6) is 0 Å². The Morgan fingerprint density at radius 2 is 2.00 bits per heavy atom. The summed E-state index contributed by atoms with van der Waals surface area (Å²) in [6.07, 6.45) is 1.77. The maximum absolute atomic E-state index is 12.7. The Morgan fingerprint density at radius 3 is 2.63 bits per heavy atom. The zero-order valence-corrected chi connectivity index (χ0v) is 18.4. The van der Waals surface area contributed by atoms with E-state index in [1.165, 1.54) is 0 Å². The lowest BCUT2D eigenvalue weighted by molar-refractivity contribution is 0.0476. The number of rotatable bonds is 4. The lowest BCUT2D eigenvalue weighted by atomic mass is 9.74. The number of esters is 1. The smallest absolute Gasteiger partial charge is 0.348 e. The molecule has 0 amide bonds. The summed E-state index contributed by atoms with van der Waals surface area (Å²) in [5.41, 5.74) is 1.15. The quantitative estimate of drug-likeness (QED) is 0.617. The van der Waals surface area contributed by atoms with Gasteiger partial charge >= 0.3 is 5.97 Å². The van der Waals surface area contributed by atoms with Crippen LogP contribution in [-0.4, -0.2) is 26.4 Å². The van der Waals surface area contributed by atoms with Crippen molar-refractivity contribution in [3.05, 3.63) is 50.3 Å². The minimum atomic E-state index is -3.62. The van der Waals surface area contributed by atoms with Gasteiger partial charge in [-0.15, -0.1) is 11.3 Å². The molecule has 5 nitrogen and oxygen atoms in total. The maximum atomic E-state index is 12.7. The van der Waals surface area contributed by atoms with Gasteiger partial charge in [-0.2, -0.15) is 0 Å². The standard InChI is InChI=1S/C19H19BrO5S2/c1-19(2)8-13-15(14(21)9-19)18(27(3,23)24)26-16(13)17(22)25-10-11-5-4-6-12(20)7-11/h4-7H,8-10H2,1-3H3. The summed E-state index contributed by atoms with van der Waals surface area (Å²) in [6.45, 7) is 3.93. The molecule has 8 heteroatoms. The number of carbonyl (C=O) groups is 2. The minimum Gasteiger partial charge on any atom is -0.457 e. The number of ketones is 1. The van der Waals surface area contributed by atoms with Gasteiger partial charge < -0.3 is 4.74 Å². The van der Waals surface area contributed by atoms with Gasteiger partial charge in [0, 0.05) is 17.1 Å². The van der Waals surface area contributed by atoms with E-state index in [0.717, 1.165) is 27.6 Å². The summed E-state index contributed by atoms with van der Waals surface area (Å²) < 4.78 is 30.6. The van der Waals surface area contributed by atoms with Crippen LogP contribution in [0, 0.1) is 5.41 Å². The number of fused-ring (bicyclic) bond motifs is 1. The van der Waals surface area contributed by atoms with Crippen LogP contribution in [-0.2, 0) is 27.6 Å². The van der Waals surface area contributed by atoms with Gasteiger partial charge in [0.15, 0.2) is 15.6 Å². The van der Waals surface area contributed by atoms with Crippen molar-refractivity contribution in [2.45, 2.75) is 37.5 Å². The number of ether oxygens (including phenoxy) is 1. The molecule has 0 unspecified atom stereocenters. The molecule has 3 rings (SSSR count). The number of thiophene rings is 1. The Labute approximate surface area is 170 Å². The van der Waals surface area contributed by atoms with Crippen LogP contribution in [0.4, 0.5) is 0 Å². The predicted octanol–water partition coefficient (Wildman–Crippen LogP) is 4.43. The minimum absolute atomic E-state index is 0.0348. The molecule has 1 aromatic carbocycles. The van der Waals surface area contributed by atoms with Crippen molar-refractivity contribution < 1.29 is 22.7 Å². The second-order valence-corrected chi connectivity index (χ2v) is 11.6. The van der Waals surface area contributed by atoms with Gasteiger partial charge in [0.25, 0.3) is 0 Å². The monoisotopic (exact) mass is 470 g/mol. The van der Waals surface area contributed by atoms with E-state index in [1.807, 2.05) is 38.1 Å². The van der Waals surface area contributed by atoms with E-state index < -0.39 is 15.8 Å². The van der Waals surface area contributed by atoms with E-state index in [-0.39, 0.29) is 38.9 Å². The van der Waals surface area contributed by atoms with Gasteiger partial charge in [0.05, 0.1) is 5.56 Å². The highest BCUT2D eigenvalue weighted by Gasteiger charge is 2.39. The first-order valence-electron chi connectivity index (χ1n) is 8.28. The highest BCUT2D eigenvalue weighted by Crippen LogP contribution is 2.43. The van der Waals surface area contributed by atoms with Gasteiger partial charge in [-0.05, 0) is 35.1 Å². The van der Waals surface area contributed by atoms with E-state index in [0.29, 0.717) is 12.0 Å². The van der Waals surface area contributed by atoms with Crippen LogP contribution in [0.2, 0.25) is 0 Å². The van der Waals surface area contributed by atoms with Crippen molar-refractivity contribution in [1.82, 2.24) is 0 Å². The molecular formula is C19H19BrO5S2. The molecule has 0 aliphatic heterocycles. The van der Waals surface area contributed by atoms with Gasteiger partial charge in [-0.25, -0.2) is 13.2 Å². The highest BCUT2D eigenvalue weighted by atomic mass is 79.9. The second-order valence-electron chi connectivity index (χ2n) is 7.49. The third-order valence-corrected chi connectivity index (χ3v) is 7.87. The summed E-state index contributed by atoms with van der Waals surface area (Å²) in [6, 6.07) is 7.37. The summed E-state index contributed by atoms with van der Waals surface area (Å²) in [7, 11) is -3.62. The first-order valence-corrected chi connectivity index (χ1v) is 11.8. The molecule has 1 aliphatic carbocycles. The fourth-order valence-corrected chi connectivity index (χ4v) is 6.10. The molecule has 0 N–H and O–H groups in total. The lowest BCUT2D eigenvalue weighted by Gasteiger charge is -2.29. The Kier molecular flexibility index (Phi) is 5.35. The molecular weight excluding hydrogens is 452 g/mol. The highest BCUT2D eigenvalue weighted by molar-refractivity contribution is 9.10. The van der Waals surface area contributed by atoms with Crippen molar-refractivity contribution in [3.8, 4) is 0 Å². The van der Waals surface area contributed by atoms with Gasteiger partial charge in [0.2, 0.25) is 0 Å². The van der Waals surface area contributed by atoms with Crippen molar-refractivity contribution >= 4 is 48.9 Å². The third-order valence-electron chi connectivity index (χ3n) is 4.33. The lowest BCUT2D eigenvalue weighted by Crippen LogP contribution is -2.28. The number of hydrogen-bond acceptors (Lipinski definition) is 6. The zero-order valence-electron chi connectivity index (χ0n) is 15.2. The number of halogens is 1. The van der Waals surface area contributed by atoms with Crippen LogP contribution in [0.1, 0.15) is 51.4 Å². The fraction of sp³-hybridized carbons (Fsp3) is 0.368. The van der Waals surface area contributed by atoms with Crippen LogP contribution in [0.3, 0.4) is 0 Å². The number of Topliss-reactive ketones (excluding diaryl/α,β-unsaturated/α-hetero) is 1. The van der Waals surface area contributed by atoms with E-state index in [1.54, 1.807) is 0 Å². The van der Waals surface area contributed by atoms with Crippen molar-refractivity contribution in [1.29, 1.82) is 0 Å². The Morgan fingerprint density at radius 1 is 1.30 bits per heavy atom. The summed E-state index contributed by atoms with van der Waals surface area (Å²) in [5, 5.41) is 0. The van der Waals surface area contributed by atoms with E-state index >= 15 is 0 Å².